The highest BCUT2D eigenvalue weighted by atomic mass is 16.5. The van der Waals surface area contributed by atoms with Crippen LogP contribution in [-0.2, 0) is 11.2 Å². The Morgan fingerprint density at radius 2 is 2.53 bits per heavy atom. The second kappa shape index (κ2) is 5.28. The van der Waals surface area contributed by atoms with Gasteiger partial charge in [-0.15, -0.1) is 0 Å². The fourth-order valence-electron chi connectivity index (χ4n) is 1.81. The number of ether oxygens (including phenoxy) is 1. The van der Waals surface area contributed by atoms with Crippen molar-refractivity contribution in [1.82, 2.24) is 10.3 Å². The molecular formula is C11H18N2O2. The summed E-state index contributed by atoms with van der Waals surface area (Å²) in [5.74, 6) is 1.21. The minimum atomic E-state index is 0.363. The Balaban J connectivity index is 1.93. The van der Waals surface area contributed by atoms with E-state index in [1.807, 2.05) is 7.05 Å². The van der Waals surface area contributed by atoms with Crippen LogP contribution >= 0.6 is 0 Å². The summed E-state index contributed by atoms with van der Waals surface area (Å²) in [6.45, 7) is 2.57. The predicted molar refractivity (Wildman–Crippen MR) is 56.9 cm³/mol. The summed E-state index contributed by atoms with van der Waals surface area (Å²) in [5, 5.41) is 3.10. The van der Waals surface area contributed by atoms with Gasteiger partial charge in [0, 0.05) is 19.6 Å². The van der Waals surface area contributed by atoms with Gasteiger partial charge >= 0.3 is 0 Å². The molecule has 2 heterocycles. The van der Waals surface area contributed by atoms with Gasteiger partial charge in [-0.1, -0.05) is 0 Å². The molecule has 1 saturated heterocycles. The summed E-state index contributed by atoms with van der Waals surface area (Å²) in [5.41, 5.74) is 1.03. The van der Waals surface area contributed by atoms with Crippen LogP contribution in [0.1, 0.15) is 30.3 Å². The molecule has 1 aromatic heterocycles. The highest BCUT2D eigenvalue weighted by Crippen LogP contribution is 2.24. The van der Waals surface area contributed by atoms with E-state index in [2.05, 4.69) is 10.3 Å². The number of oxazole rings is 1. The van der Waals surface area contributed by atoms with E-state index < -0.39 is 0 Å². The zero-order valence-electron chi connectivity index (χ0n) is 9.16. The molecule has 0 aliphatic carbocycles. The fraction of sp³-hybridized carbons (Fsp3) is 0.727. The average Bonchev–Trinajstić information content (AvgIpc) is 2.76. The van der Waals surface area contributed by atoms with Gasteiger partial charge in [-0.2, -0.15) is 0 Å². The van der Waals surface area contributed by atoms with Gasteiger partial charge in [-0.25, -0.2) is 4.98 Å². The van der Waals surface area contributed by atoms with Crippen molar-refractivity contribution in [3.05, 3.63) is 17.8 Å². The number of hydrogen-bond donors (Lipinski definition) is 1. The number of aromatic nitrogens is 1. The Morgan fingerprint density at radius 3 is 3.27 bits per heavy atom. The van der Waals surface area contributed by atoms with Crippen LogP contribution in [0, 0.1) is 0 Å². The summed E-state index contributed by atoms with van der Waals surface area (Å²) in [6, 6.07) is 0. The first-order valence-corrected chi connectivity index (χ1v) is 5.57. The van der Waals surface area contributed by atoms with Crippen molar-refractivity contribution >= 4 is 0 Å². The first kappa shape index (κ1) is 10.6. The highest BCUT2D eigenvalue weighted by molar-refractivity contribution is 5.02. The largest absolute Gasteiger partial charge is 0.448 e. The summed E-state index contributed by atoms with van der Waals surface area (Å²) >= 11 is 0. The minimum Gasteiger partial charge on any atom is -0.448 e. The van der Waals surface area contributed by atoms with Crippen molar-refractivity contribution in [2.24, 2.45) is 0 Å². The van der Waals surface area contributed by atoms with Gasteiger partial charge in [-0.05, 0) is 19.9 Å². The van der Waals surface area contributed by atoms with E-state index in [4.69, 9.17) is 9.15 Å². The van der Waals surface area contributed by atoms with Crippen molar-refractivity contribution in [3.63, 3.8) is 0 Å². The van der Waals surface area contributed by atoms with E-state index in [0.717, 1.165) is 50.6 Å². The van der Waals surface area contributed by atoms with Crippen LogP contribution in [0.4, 0.5) is 0 Å². The molecule has 1 aromatic rings. The summed E-state index contributed by atoms with van der Waals surface area (Å²) in [4.78, 5) is 4.48. The smallest absolute Gasteiger partial charge is 0.199 e. The van der Waals surface area contributed by atoms with E-state index in [1.54, 1.807) is 6.26 Å². The summed E-state index contributed by atoms with van der Waals surface area (Å²) in [7, 11) is 1.94. The van der Waals surface area contributed by atoms with Gasteiger partial charge in [0.05, 0.1) is 18.2 Å². The topological polar surface area (TPSA) is 47.3 Å². The molecule has 2 rings (SSSR count). The molecule has 1 atom stereocenters. The van der Waals surface area contributed by atoms with Crippen LogP contribution in [-0.4, -0.2) is 31.8 Å². The van der Waals surface area contributed by atoms with Gasteiger partial charge < -0.3 is 14.5 Å². The Hall–Kier alpha value is -0.870. The summed E-state index contributed by atoms with van der Waals surface area (Å²) < 4.78 is 10.9. The van der Waals surface area contributed by atoms with Gasteiger partial charge in [0.2, 0.25) is 0 Å². The van der Waals surface area contributed by atoms with E-state index in [0.29, 0.717) is 5.92 Å². The molecule has 84 valence electrons. The highest BCUT2D eigenvalue weighted by Gasteiger charge is 2.20. The lowest BCUT2D eigenvalue weighted by molar-refractivity contribution is 0.0725. The summed E-state index contributed by atoms with van der Waals surface area (Å²) in [6.07, 6.45) is 4.93. The maximum absolute atomic E-state index is 5.48. The maximum atomic E-state index is 5.48. The van der Waals surface area contributed by atoms with Crippen LogP contribution in [0.2, 0.25) is 0 Å². The molecule has 0 amide bonds. The lowest BCUT2D eigenvalue weighted by Gasteiger charge is -2.18. The minimum absolute atomic E-state index is 0.363. The number of rotatable bonds is 4. The van der Waals surface area contributed by atoms with Gasteiger partial charge in [-0.3, -0.25) is 0 Å². The third kappa shape index (κ3) is 2.79. The van der Waals surface area contributed by atoms with Crippen LogP contribution in [0.3, 0.4) is 0 Å². The van der Waals surface area contributed by atoms with E-state index >= 15 is 0 Å². The number of hydrogen-bond acceptors (Lipinski definition) is 4. The molecule has 1 unspecified atom stereocenters. The van der Waals surface area contributed by atoms with Crippen LogP contribution in [0.15, 0.2) is 10.7 Å². The quantitative estimate of drug-likeness (QED) is 0.814. The van der Waals surface area contributed by atoms with Gasteiger partial charge in [0.1, 0.15) is 6.26 Å². The van der Waals surface area contributed by atoms with E-state index in [-0.39, 0.29) is 0 Å². The number of likely N-dealkylation sites (N-methyl/N-ethyl adjacent to an activating group) is 1. The lowest BCUT2D eigenvalue weighted by Crippen LogP contribution is -2.16. The molecule has 0 aromatic carbocycles. The number of nitrogens with zero attached hydrogens (tertiary/aromatic N) is 1. The molecule has 0 radical (unpaired) electrons. The zero-order valence-corrected chi connectivity index (χ0v) is 9.16. The Bertz CT molecular complexity index is 293. The van der Waals surface area contributed by atoms with Crippen molar-refractivity contribution < 1.29 is 9.15 Å². The lowest BCUT2D eigenvalue weighted by atomic mass is 10.0. The average molecular weight is 210 g/mol. The van der Waals surface area contributed by atoms with Crippen LogP contribution < -0.4 is 5.32 Å². The predicted octanol–water partition coefficient (Wildman–Crippen LogP) is 1.33. The van der Waals surface area contributed by atoms with E-state index in [9.17, 15) is 0 Å². The van der Waals surface area contributed by atoms with Crippen LogP contribution in [0.5, 0.6) is 0 Å². The molecule has 1 aliphatic rings. The molecule has 4 heteroatoms. The molecule has 4 nitrogen and oxygen atoms in total. The second-order valence-corrected chi connectivity index (χ2v) is 3.94. The molecule has 1 fully saturated rings. The third-order valence-corrected chi connectivity index (χ3v) is 2.71. The molecular weight excluding hydrogens is 192 g/mol. The second-order valence-electron chi connectivity index (χ2n) is 3.94. The fourth-order valence-corrected chi connectivity index (χ4v) is 1.81. The Morgan fingerprint density at radius 1 is 1.60 bits per heavy atom. The molecule has 1 N–H and O–H groups in total. The van der Waals surface area contributed by atoms with Crippen molar-refractivity contribution in [2.45, 2.75) is 25.2 Å². The molecule has 1 aliphatic heterocycles. The molecule has 0 spiro atoms. The van der Waals surface area contributed by atoms with Crippen molar-refractivity contribution in [1.29, 1.82) is 0 Å². The zero-order chi connectivity index (χ0) is 10.5. The standard InChI is InChI=1S/C11H18N2O2/c1-12-5-4-10-8-15-11(13-10)9-3-2-6-14-7-9/h8-9,12H,2-7H2,1H3. The molecule has 0 saturated carbocycles. The Kier molecular flexibility index (Phi) is 3.75. The maximum Gasteiger partial charge on any atom is 0.199 e. The third-order valence-electron chi connectivity index (χ3n) is 2.71. The Labute approximate surface area is 90.0 Å². The van der Waals surface area contributed by atoms with Gasteiger partial charge in [0.25, 0.3) is 0 Å². The van der Waals surface area contributed by atoms with Gasteiger partial charge in [0.15, 0.2) is 5.89 Å². The molecule has 0 bridgehead atoms. The SMILES string of the molecule is CNCCc1coc(C2CCCOC2)n1. The number of nitrogens with one attached hydrogen (secondary N) is 1. The first-order chi connectivity index (χ1) is 7.40. The first-order valence-electron chi connectivity index (χ1n) is 5.57. The normalized spacial score (nSPS) is 21.8. The van der Waals surface area contributed by atoms with Crippen LogP contribution in [0.25, 0.3) is 0 Å². The molecule has 15 heavy (non-hydrogen) atoms. The monoisotopic (exact) mass is 210 g/mol. The van der Waals surface area contributed by atoms with Crippen molar-refractivity contribution in [3.8, 4) is 0 Å². The van der Waals surface area contributed by atoms with Crippen molar-refractivity contribution in [2.75, 3.05) is 26.8 Å². The van der Waals surface area contributed by atoms with E-state index in [1.165, 1.54) is 0 Å².